The van der Waals surface area contributed by atoms with Gasteiger partial charge in [-0.05, 0) is 63.1 Å². The molecule has 28 heavy (non-hydrogen) atoms. The molecule has 6 nitrogen and oxygen atoms in total. The molecular formula is C22H23N3O3. The first-order valence-corrected chi connectivity index (χ1v) is 9.42. The van der Waals surface area contributed by atoms with Gasteiger partial charge in [-0.2, -0.15) is 4.98 Å². The smallest absolute Gasteiger partial charge is 0.254 e. The van der Waals surface area contributed by atoms with Crippen LogP contribution in [0.15, 0.2) is 47.0 Å². The highest BCUT2D eigenvalue weighted by Crippen LogP contribution is 2.33. The Bertz CT molecular complexity index is 974. The monoisotopic (exact) mass is 377 g/mol. The molecule has 3 aromatic rings. The van der Waals surface area contributed by atoms with E-state index in [1.165, 1.54) is 0 Å². The van der Waals surface area contributed by atoms with E-state index in [1.54, 1.807) is 7.11 Å². The van der Waals surface area contributed by atoms with Gasteiger partial charge in [-0.15, -0.1) is 0 Å². The van der Waals surface area contributed by atoms with Crippen molar-refractivity contribution in [1.82, 2.24) is 15.0 Å². The van der Waals surface area contributed by atoms with Gasteiger partial charge in [0, 0.05) is 17.7 Å². The van der Waals surface area contributed by atoms with Crippen molar-refractivity contribution in [1.29, 1.82) is 0 Å². The van der Waals surface area contributed by atoms with Gasteiger partial charge in [0.25, 0.3) is 5.91 Å². The maximum Gasteiger partial charge on any atom is 0.254 e. The molecule has 0 spiro atoms. The van der Waals surface area contributed by atoms with Crippen LogP contribution in [0.3, 0.4) is 0 Å². The van der Waals surface area contributed by atoms with Crippen molar-refractivity contribution in [3.05, 3.63) is 65.0 Å². The Morgan fingerprint density at radius 2 is 1.86 bits per heavy atom. The van der Waals surface area contributed by atoms with Gasteiger partial charge in [-0.1, -0.05) is 22.3 Å². The number of aromatic nitrogens is 2. The molecule has 1 saturated heterocycles. The second-order valence-electron chi connectivity index (χ2n) is 7.22. The first-order valence-electron chi connectivity index (χ1n) is 9.42. The highest BCUT2D eigenvalue weighted by atomic mass is 16.5. The highest BCUT2D eigenvalue weighted by Gasteiger charge is 2.34. The summed E-state index contributed by atoms with van der Waals surface area (Å²) in [7, 11) is 1.63. The molecule has 1 amide bonds. The van der Waals surface area contributed by atoms with E-state index >= 15 is 0 Å². The molecule has 0 aliphatic carbocycles. The van der Waals surface area contributed by atoms with Crippen molar-refractivity contribution in [3.8, 4) is 17.1 Å². The number of benzene rings is 2. The van der Waals surface area contributed by atoms with Crippen LogP contribution in [0.25, 0.3) is 11.4 Å². The molecule has 0 N–H and O–H groups in total. The van der Waals surface area contributed by atoms with E-state index in [-0.39, 0.29) is 11.9 Å². The summed E-state index contributed by atoms with van der Waals surface area (Å²) < 4.78 is 10.7. The molecule has 1 aliphatic heterocycles. The Hall–Kier alpha value is -3.15. The number of likely N-dealkylation sites (tertiary alicyclic amines) is 1. The van der Waals surface area contributed by atoms with Crippen molar-refractivity contribution in [3.63, 3.8) is 0 Å². The van der Waals surface area contributed by atoms with Gasteiger partial charge in [-0.25, -0.2) is 0 Å². The zero-order valence-electron chi connectivity index (χ0n) is 16.3. The number of hydrogen-bond acceptors (Lipinski definition) is 5. The molecule has 1 fully saturated rings. The van der Waals surface area contributed by atoms with Gasteiger partial charge in [-0.3, -0.25) is 4.79 Å². The molecule has 0 radical (unpaired) electrons. The summed E-state index contributed by atoms with van der Waals surface area (Å²) in [6.07, 6.45) is 1.74. The van der Waals surface area contributed by atoms with E-state index in [9.17, 15) is 4.79 Å². The van der Waals surface area contributed by atoms with Crippen LogP contribution in [0.4, 0.5) is 0 Å². The average Bonchev–Trinajstić information content (AvgIpc) is 3.36. The minimum atomic E-state index is -0.187. The topological polar surface area (TPSA) is 68.5 Å². The van der Waals surface area contributed by atoms with Gasteiger partial charge in [0.15, 0.2) is 0 Å². The van der Waals surface area contributed by atoms with Crippen LogP contribution in [-0.2, 0) is 0 Å². The Labute approximate surface area is 164 Å². The molecule has 4 rings (SSSR count). The van der Waals surface area contributed by atoms with Gasteiger partial charge in [0.2, 0.25) is 11.7 Å². The van der Waals surface area contributed by atoms with Crippen LogP contribution < -0.4 is 4.74 Å². The highest BCUT2D eigenvalue weighted by molar-refractivity contribution is 5.95. The Morgan fingerprint density at radius 3 is 2.54 bits per heavy atom. The molecule has 1 aliphatic rings. The van der Waals surface area contributed by atoms with Crippen LogP contribution >= 0.6 is 0 Å². The second-order valence-corrected chi connectivity index (χ2v) is 7.22. The summed E-state index contributed by atoms with van der Waals surface area (Å²) in [5.41, 5.74) is 3.72. The quantitative estimate of drug-likeness (QED) is 0.676. The number of carbonyl (C=O) groups excluding carboxylic acids is 1. The van der Waals surface area contributed by atoms with Crippen molar-refractivity contribution in [2.24, 2.45) is 0 Å². The zero-order valence-corrected chi connectivity index (χ0v) is 16.3. The van der Waals surface area contributed by atoms with E-state index < -0.39 is 0 Å². The number of methoxy groups -OCH3 is 1. The molecule has 2 heterocycles. The Balaban J connectivity index is 1.58. The summed E-state index contributed by atoms with van der Waals surface area (Å²) in [5, 5.41) is 4.12. The SMILES string of the molecule is COc1ccc(-c2noc([C@H]3CCCN3C(=O)c3cc(C)cc(C)c3)n2)cc1. The van der Waals surface area contributed by atoms with E-state index in [0.29, 0.717) is 23.8 Å². The number of nitrogens with zero attached hydrogens (tertiary/aromatic N) is 3. The van der Waals surface area contributed by atoms with E-state index in [4.69, 9.17) is 9.26 Å². The van der Waals surface area contributed by atoms with Gasteiger partial charge >= 0.3 is 0 Å². The van der Waals surface area contributed by atoms with E-state index in [1.807, 2.05) is 55.1 Å². The zero-order chi connectivity index (χ0) is 19.7. The maximum absolute atomic E-state index is 13.1. The average molecular weight is 377 g/mol. The fourth-order valence-corrected chi connectivity index (χ4v) is 3.76. The third-order valence-corrected chi connectivity index (χ3v) is 5.06. The van der Waals surface area contributed by atoms with Crippen LogP contribution in [0.5, 0.6) is 5.75 Å². The van der Waals surface area contributed by atoms with E-state index in [2.05, 4.69) is 16.2 Å². The lowest BCUT2D eigenvalue weighted by molar-refractivity contribution is 0.0710. The van der Waals surface area contributed by atoms with Crippen LogP contribution in [-0.4, -0.2) is 34.6 Å². The summed E-state index contributed by atoms with van der Waals surface area (Å²) in [4.78, 5) is 19.5. The third kappa shape index (κ3) is 3.50. The Kier molecular flexibility index (Phi) is 4.86. The predicted octanol–water partition coefficient (Wildman–Crippen LogP) is 4.34. The lowest BCUT2D eigenvalue weighted by atomic mass is 10.1. The fraction of sp³-hybridized carbons (Fsp3) is 0.318. The predicted molar refractivity (Wildman–Crippen MR) is 105 cm³/mol. The summed E-state index contributed by atoms with van der Waals surface area (Å²) in [5.74, 6) is 1.79. The second kappa shape index (κ2) is 7.46. The molecule has 0 bridgehead atoms. The van der Waals surface area contributed by atoms with Gasteiger partial charge < -0.3 is 14.2 Å². The molecule has 144 valence electrons. The van der Waals surface area contributed by atoms with Gasteiger partial charge in [0.1, 0.15) is 11.8 Å². The summed E-state index contributed by atoms with van der Waals surface area (Å²) >= 11 is 0. The van der Waals surface area contributed by atoms with Crippen molar-refractivity contribution in [2.45, 2.75) is 32.7 Å². The molecule has 0 saturated carbocycles. The molecule has 0 unspecified atom stereocenters. The van der Waals surface area contributed by atoms with Crippen molar-refractivity contribution < 1.29 is 14.1 Å². The lowest BCUT2D eigenvalue weighted by Gasteiger charge is -2.22. The standard InChI is InChI=1S/C22H23N3O3/c1-14-11-15(2)13-17(12-14)22(26)25-10-4-5-19(25)21-23-20(24-28-21)16-6-8-18(27-3)9-7-16/h6-9,11-13,19H,4-5,10H2,1-3H3/t19-/m1/s1. The number of aryl methyl sites for hydroxylation is 2. The molecular weight excluding hydrogens is 354 g/mol. The molecule has 2 aromatic carbocycles. The largest absolute Gasteiger partial charge is 0.497 e. The van der Waals surface area contributed by atoms with Crippen LogP contribution in [0.2, 0.25) is 0 Å². The normalized spacial score (nSPS) is 16.4. The summed E-state index contributed by atoms with van der Waals surface area (Å²) in [6, 6.07) is 13.2. The minimum Gasteiger partial charge on any atom is -0.497 e. The number of hydrogen-bond donors (Lipinski definition) is 0. The molecule has 1 aromatic heterocycles. The number of amides is 1. The number of rotatable bonds is 4. The van der Waals surface area contributed by atoms with Gasteiger partial charge in [0.05, 0.1) is 7.11 Å². The minimum absolute atomic E-state index is 0.0125. The van der Waals surface area contributed by atoms with E-state index in [0.717, 1.165) is 35.3 Å². The molecule has 1 atom stereocenters. The first kappa shape index (κ1) is 18.2. The molecule has 6 heteroatoms. The number of ether oxygens (including phenoxy) is 1. The first-order chi connectivity index (χ1) is 13.5. The Morgan fingerprint density at radius 1 is 1.14 bits per heavy atom. The van der Waals surface area contributed by atoms with Crippen LogP contribution in [0.1, 0.15) is 46.3 Å². The maximum atomic E-state index is 13.1. The lowest BCUT2D eigenvalue weighted by Crippen LogP contribution is -2.30. The van der Waals surface area contributed by atoms with Crippen molar-refractivity contribution >= 4 is 5.91 Å². The van der Waals surface area contributed by atoms with Crippen molar-refractivity contribution in [2.75, 3.05) is 13.7 Å². The summed E-state index contributed by atoms with van der Waals surface area (Å²) in [6.45, 7) is 4.70. The third-order valence-electron chi connectivity index (χ3n) is 5.06. The fourth-order valence-electron chi connectivity index (χ4n) is 3.76. The number of carbonyl (C=O) groups is 1. The van der Waals surface area contributed by atoms with Crippen LogP contribution in [0, 0.1) is 13.8 Å².